The van der Waals surface area contributed by atoms with Gasteiger partial charge in [0.1, 0.15) is 5.60 Å². The maximum absolute atomic E-state index is 5.65. The van der Waals surface area contributed by atoms with E-state index >= 15 is 0 Å². The molecule has 0 aromatic rings. The molecule has 0 unspecified atom stereocenters. The van der Waals surface area contributed by atoms with Gasteiger partial charge in [0.2, 0.25) is 0 Å². The molecule has 0 aliphatic rings. The first kappa shape index (κ1) is 9.30. The molecular formula is C7H16N2O. The first-order valence-electron chi connectivity index (χ1n) is 3.23. The molecule has 0 radical (unpaired) electrons. The van der Waals surface area contributed by atoms with Crippen molar-refractivity contribution in [2.45, 2.75) is 19.4 Å². The average molecular weight is 144 g/mol. The molecule has 0 aromatic heterocycles. The van der Waals surface area contributed by atoms with Crippen LogP contribution in [0.3, 0.4) is 0 Å². The Morgan fingerprint density at radius 1 is 1.60 bits per heavy atom. The summed E-state index contributed by atoms with van der Waals surface area (Å²) in [6, 6.07) is 0. The molecule has 0 fully saturated rings. The average Bonchev–Trinajstić information content (AvgIpc) is 1.89. The van der Waals surface area contributed by atoms with Crippen LogP contribution in [0.5, 0.6) is 0 Å². The third-order valence-electron chi connectivity index (χ3n) is 1.51. The SMILES string of the molecule is CN/C=C(/N)C(C)(C)OC. The summed E-state index contributed by atoms with van der Waals surface area (Å²) in [6.07, 6.45) is 1.73. The Morgan fingerprint density at radius 2 is 2.10 bits per heavy atom. The van der Waals surface area contributed by atoms with Crippen LogP contribution in [0.4, 0.5) is 0 Å². The van der Waals surface area contributed by atoms with E-state index in [4.69, 9.17) is 10.5 Å². The quantitative estimate of drug-likeness (QED) is 0.604. The van der Waals surface area contributed by atoms with Crippen molar-refractivity contribution in [3.63, 3.8) is 0 Å². The molecule has 3 nitrogen and oxygen atoms in total. The van der Waals surface area contributed by atoms with Crippen molar-refractivity contribution >= 4 is 0 Å². The predicted molar refractivity (Wildman–Crippen MR) is 42.4 cm³/mol. The van der Waals surface area contributed by atoms with E-state index in [2.05, 4.69) is 5.32 Å². The number of methoxy groups -OCH3 is 1. The van der Waals surface area contributed by atoms with Crippen molar-refractivity contribution in [1.29, 1.82) is 0 Å². The maximum Gasteiger partial charge on any atom is 0.103 e. The summed E-state index contributed by atoms with van der Waals surface area (Å²) in [5.74, 6) is 0. The van der Waals surface area contributed by atoms with E-state index < -0.39 is 0 Å². The van der Waals surface area contributed by atoms with Crippen LogP contribution in [-0.4, -0.2) is 19.8 Å². The Morgan fingerprint density at radius 3 is 2.40 bits per heavy atom. The summed E-state index contributed by atoms with van der Waals surface area (Å²) in [7, 11) is 3.44. The highest BCUT2D eigenvalue weighted by Crippen LogP contribution is 2.13. The monoisotopic (exact) mass is 144 g/mol. The highest BCUT2D eigenvalue weighted by Gasteiger charge is 2.18. The number of nitrogens with one attached hydrogen (secondary N) is 1. The minimum atomic E-state index is -0.372. The number of nitrogens with two attached hydrogens (primary N) is 1. The lowest BCUT2D eigenvalue weighted by atomic mass is 10.1. The van der Waals surface area contributed by atoms with Crippen LogP contribution in [-0.2, 0) is 4.74 Å². The molecular weight excluding hydrogens is 128 g/mol. The molecule has 0 rings (SSSR count). The topological polar surface area (TPSA) is 47.3 Å². The number of rotatable bonds is 3. The lowest BCUT2D eigenvalue weighted by molar-refractivity contribution is 0.0533. The Balaban J connectivity index is 4.17. The molecule has 0 aliphatic carbocycles. The van der Waals surface area contributed by atoms with Gasteiger partial charge in [-0.3, -0.25) is 0 Å². The first-order chi connectivity index (χ1) is 4.54. The third-order valence-corrected chi connectivity index (χ3v) is 1.51. The molecule has 0 aromatic carbocycles. The van der Waals surface area contributed by atoms with Gasteiger partial charge in [-0.05, 0) is 13.8 Å². The normalized spacial score (nSPS) is 13.4. The van der Waals surface area contributed by atoms with E-state index in [1.54, 1.807) is 20.4 Å². The maximum atomic E-state index is 5.65. The first-order valence-corrected chi connectivity index (χ1v) is 3.23. The van der Waals surface area contributed by atoms with Crippen LogP contribution < -0.4 is 11.1 Å². The minimum absolute atomic E-state index is 0.372. The number of hydrogen-bond acceptors (Lipinski definition) is 3. The molecule has 60 valence electrons. The van der Waals surface area contributed by atoms with Crippen LogP contribution in [0, 0.1) is 0 Å². The largest absolute Gasteiger partial charge is 0.399 e. The van der Waals surface area contributed by atoms with Gasteiger partial charge in [-0.15, -0.1) is 0 Å². The molecule has 0 atom stereocenters. The second kappa shape index (κ2) is 3.46. The lowest BCUT2D eigenvalue weighted by Gasteiger charge is -2.23. The van der Waals surface area contributed by atoms with Crippen molar-refractivity contribution < 1.29 is 4.74 Å². The van der Waals surface area contributed by atoms with Crippen molar-refractivity contribution in [2.75, 3.05) is 14.2 Å². The fourth-order valence-corrected chi connectivity index (χ4v) is 0.447. The number of hydrogen-bond donors (Lipinski definition) is 2. The Labute approximate surface area is 62.2 Å². The van der Waals surface area contributed by atoms with Crippen LogP contribution in [0.15, 0.2) is 11.9 Å². The van der Waals surface area contributed by atoms with Crippen molar-refractivity contribution in [1.82, 2.24) is 5.32 Å². The van der Waals surface area contributed by atoms with E-state index in [1.807, 2.05) is 13.8 Å². The second-order valence-corrected chi connectivity index (χ2v) is 2.60. The van der Waals surface area contributed by atoms with Gasteiger partial charge in [-0.2, -0.15) is 0 Å². The molecule has 10 heavy (non-hydrogen) atoms. The van der Waals surface area contributed by atoms with E-state index in [0.29, 0.717) is 5.70 Å². The van der Waals surface area contributed by atoms with Gasteiger partial charge in [-0.1, -0.05) is 0 Å². The molecule has 0 spiro atoms. The highest BCUT2D eigenvalue weighted by molar-refractivity contribution is 5.08. The molecule has 0 aliphatic heterocycles. The van der Waals surface area contributed by atoms with Crippen molar-refractivity contribution in [3.8, 4) is 0 Å². The zero-order chi connectivity index (χ0) is 8.20. The van der Waals surface area contributed by atoms with Crippen molar-refractivity contribution in [3.05, 3.63) is 11.9 Å². The van der Waals surface area contributed by atoms with Crippen molar-refractivity contribution in [2.24, 2.45) is 5.73 Å². The Kier molecular flexibility index (Phi) is 3.22. The zero-order valence-electron chi connectivity index (χ0n) is 7.06. The van der Waals surface area contributed by atoms with Crippen LogP contribution >= 0.6 is 0 Å². The van der Waals surface area contributed by atoms with Gasteiger partial charge < -0.3 is 15.8 Å². The zero-order valence-corrected chi connectivity index (χ0v) is 7.06. The highest BCUT2D eigenvalue weighted by atomic mass is 16.5. The lowest BCUT2D eigenvalue weighted by Crippen LogP contribution is -2.31. The second-order valence-electron chi connectivity index (χ2n) is 2.60. The minimum Gasteiger partial charge on any atom is -0.399 e. The standard InChI is InChI=1S/C7H16N2O/c1-7(2,10-4)6(8)5-9-3/h5,9H,8H2,1-4H3/b6-5+. The molecule has 0 saturated heterocycles. The van der Waals surface area contributed by atoms with Crippen LogP contribution in [0.2, 0.25) is 0 Å². The van der Waals surface area contributed by atoms with E-state index in [-0.39, 0.29) is 5.60 Å². The molecule has 0 bridgehead atoms. The molecule has 3 heteroatoms. The van der Waals surface area contributed by atoms with Gasteiger partial charge in [0, 0.05) is 20.4 Å². The Hall–Kier alpha value is -0.700. The van der Waals surface area contributed by atoms with E-state index in [1.165, 1.54) is 0 Å². The smallest absolute Gasteiger partial charge is 0.103 e. The van der Waals surface area contributed by atoms with Gasteiger partial charge in [0.15, 0.2) is 0 Å². The summed E-state index contributed by atoms with van der Waals surface area (Å²) in [5.41, 5.74) is 5.97. The van der Waals surface area contributed by atoms with Gasteiger partial charge in [-0.25, -0.2) is 0 Å². The summed E-state index contributed by atoms with van der Waals surface area (Å²) in [5, 5.41) is 2.84. The van der Waals surface area contributed by atoms with Crippen LogP contribution in [0.25, 0.3) is 0 Å². The molecule has 0 amide bonds. The summed E-state index contributed by atoms with van der Waals surface area (Å²) >= 11 is 0. The van der Waals surface area contributed by atoms with E-state index in [9.17, 15) is 0 Å². The summed E-state index contributed by atoms with van der Waals surface area (Å²) < 4.78 is 5.12. The summed E-state index contributed by atoms with van der Waals surface area (Å²) in [4.78, 5) is 0. The predicted octanol–water partition coefficient (Wildman–Crippen LogP) is 0.431. The third kappa shape index (κ3) is 2.27. The van der Waals surface area contributed by atoms with Gasteiger partial charge in [0.05, 0.1) is 5.70 Å². The molecule has 0 saturated carbocycles. The fourth-order valence-electron chi connectivity index (χ4n) is 0.447. The van der Waals surface area contributed by atoms with Gasteiger partial charge in [0.25, 0.3) is 0 Å². The van der Waals surface area contributed by atoms with Crippen LogP contribution in [0.1, 0.15) is 13.8 Å². The molecule has 0 heterocycles. The Bertz CT molecular complexity index is 130. The van der Waals surface area contributed by atoms with Gasteiger partial charge >= 0.3 is 0 Å². The fraction of sp³-hybridized carbons (Fsp3) is 0.714. The summed E-state index contributed by atoms with van der Waals surface area (Å²) in [6.45, 7) is 3.83. The van der Waals surface area contributed by atoms with E-state index in [0.717, 1.165) is 0 Å². The molecule has 3 N–H and O–H groups in total. The number of ether oxygens (including phenoxy) is 1.